The first-order valence-electron chi connectivity index (χ1n) is 6.17. The molecule has 1 aromatic rings. The number of rotatable bonds is 5. The number of sulfonamides is 1. The summed E-state index contributed by atoms with van der Waals surface area (Å²) >= 11 is 3.52. The topological polar surface area (TPSA) is 74.8 Å². The van der Waals surface area contributed by atoms with E-state index in [1.165, 1.54) is 31.8 Å². The minimum Gasteiger partial charge on any atom is -0.335 e. The van der Waals surface area contributed by atoms with Crippen molar-refractivity contribution in [2.75, 3.05) is 11.9 Å². The maximum absolute atomic E-state index is 11.9. The van der Waals surface area contributed by atoms with Crippen molar-refractivity contribution in [2.24, 2.45) is 11.8 Å². The van der Waals surface area contributed by atoms with E-state index in [-0.39, 0.29) is 5.03 Å². The van der Waals surface area contributed by atoms with Gasteiger partial charge in [-0.2, -0.15) is 0 Å². The van der Waals surface area contributed by atoms with Crippen LogP contribution in [0.25, 0.3) is 0 Å². The fraction of sp³-hybridized carbons (Fsp3) is 0.727. The van der Waals surface area contributed by atoms with E-state index in [0.717, 1.165) is 11.8 Å². The molecule has 0 aromatic carbocycles. The highest BCUT2D eigenvalue weighted by Crippen LogP contribution is 2.31. The molecule has 1 fully saturated rings. The number of nitrogens with one attached hydrogen (secondary N) is 2. The van der Waals surface area contributed by atoms with Crippen LogP contribution < -0.4 is 4.72 Å². The lowest BCUT2D eigenvalue weighted by Crippen LogP contribution is -2.35. The summed E-state index contributed by atoms with van der Waals surface area (Å²) in [5.74, 6) is 0.999. The van der Waals surface area contributed by atoms with Crippen molar-refractivity contribution in [2.45, 2.75) is 30.7 Å². The summed E-state index contributed by atoms with van der Waals surface area (Å²) in [7, 11) is -3.43. The summed E-state index contributed by atoms with van der Waals surface area (Å²) in [6, 6.07) is 0. The van der Waals surface area contributed by atoms with Gasteiger partial charge in [-0.15, -0.1) is 0 Å². The van der Waals surface area contributed by atoms with Crippen LogP contribution in [0.4, 0.5) is 0 Å². The maximum Gasteiger partial charge on any atom is 0.257 e. The number of H-pyrrole nitrogens is 1. The van der Waals surface area contributed by atoms with E-state index in [4.69, 9.17) is 0 Å². The molecule has 0 aliphatic heterocycles. The van der Waals surface area contributed by atoms with Gasteiger partial charge in [-0.3, -0.25) is 0 Å². The van der Waals surface area contributed by atoms with Crippen molar-refractivity contribution in [3.05, 3.63) is 12.5 Å². The van der Waals surface area contributed by atoms with Crippen molar-refractivity contribution in [1.29, 1.82) is 0 Å². The molecule has 0 bridgehead atoms. The van der Waals surface area contributed by atoms with Gasteiger partial charge in [-0.1, -0.05) is 28.8 Å². The molecule has 1 aromatic heterocycles. The second-order valence-corrected chi connectivity index (χ2v) is 7.11. The Hall–Kier alpha value is -0.400. The number of imidazole rings is 1. The molecule has 102 valence electrons. The van der Waals surface area contributed by atoms with E-state index in [0.29, 0.717) is 18.4 Å². The van der Waals surface area contributed by atoms with Crippen LogP contribution >= 0.6 is 15.9 Å². The molecular formula is C11H18BrN3O2S. The van der Waals surface area contributed by atoms with E-state index in [1.807, 2.05) is 0 Å². The number of hydrogen-bond donors (Lipinski definition) is 2. The van der Waals surface area contributed by atoms with Crippen LogP contribution in [0.15, 0.2) is 17.6 Å². The molecule has 2 atom stereocenters. The molecule has 0 spiro atoms. The van der Waals surface area contributed by atoms with Crippen molar-refractivity contribution in [1.82, 2.24) is 14.7 Å². The Balaban J connectivity index is 1.94. The van der Waals surface area contributed by atoms with E-state index in [2.05, 4.69) is 30.6 Å². The summed E-state index contributed by atoms with van der Waals surface area (Å²) in [6.07, 6.45) is 7.42. The molecule has 2 rings (SSSR count). The molecule has 1 saturated carbocycles. The highest BCUT2D eigenvalue weighted by atomic mass is 79.9. The number of alkyl halides is 1. The number of halogens is 1. The molecule has 1 heterocycles. The summed E-state index contributed by atoms with van der Waals surface area (Å²) in [5, 5.41) is 1.08. The third kappa shape index (κ3) is 3.33. The Labute approximate surface area is 116 Å². The predicted molar refractivity (Wildman–Crippen MR) is 73.0 cm³/mol. The first kappa shape index (κ1) is 14.0. The monoisotopic (exact) mass is 335 g/mol. The van der Waals surface area contributed by atoms with Gasteiger partial charge in [0.25, 0.3) is 10.0 Å². The summed E-state index contributed by atoms with van der Waals surface area (Å²) in [6.45, 7) is 0.512. The van der Waals surface area contributed by atoms with Gasteiger partial charge in [-0.25, -0.2) is 18.1 Å². The third-order valence-corrected chi connectivity index (χ3v) is 5.74. The van der Waals surface area contributed by atoms with Crippen LogP contribution in [0, 0.1) is 11.8 Å². The van der Waals surface area contributed by atoms with Crippen molar-refractivity contribution < 1.29 is 8.42 Å². The SMILES string of the molecule is O=S(=O)(NCC1CCCCC1CBr)c1cnc[nH]1. The minimum absolute atomic E-state index is 0.133. The smallest absolute Gasteiger partial charge is 0.257 e. The first-order valence-corrected chi connectivity index (χ1v) is 8.78. The highest BCUT2D eigenvalue weighted by molar-refractivity contribution is 9.09. The van der Waals surface area contributed by atoms with Gasteiger partial charge >= 0.3 is 0 Å². The molecule has 1 aliphatic rings. The summed E-state index contributed by atoms with van der Waals surface area (Å²) in [4.78, 5) is 6.35. The van der Waals surface area contributed by atoms with Crippen LogP contribution in [0.5, 0.6) is 0 Å². The van der Waals surface area contributed by atoms with Gasteiger partial charge in [0, 0.05) is 11.9 Å². The van der Waals surface area contributed by atoms with E-state index >= 15 is 0 Å². The summed E-state index contributed by atoms with van der Waals surface area (Å²) < 4.78 is 26.5. The van der Waals surface area contributed by atoms with Crippen LogP contribution in [0.3, 0.4) is 0 Å². The standard InChI is InChI=1S/C11H18BrN3O2S/c12-5-9-3-1-2-4-10(9)6-15-18(16,17)11-7-13-8-14-11/h7-10,15H,1-6H2,(H,13,14). The van der Waals surface area contributed by atoms with Gasteiger partial charge in [0.1, 0.15) is 0 Å². The summed E-state index contributed by atoms with van der Waals surface area (Å²) in [5.41, 5.74) is 0. The van der Waals surface area contributed by atoms with Gasteiger partial charge < -0.3 is 4.98 Å². The second kappa shape index (κ2) is 6.16. The molecule has 0 amide bonds. The molecule has 18 heavy (non-hydrogen) atoms. The third-order valence-electron chi connectivity index (χ3n) is 3.56. The first-order chi connectivity index (χ1) is 8.63. The van der Waals surface area contributed by atoms with Crippen molar-refractivity contribution in [3.8, 4) is 0 Å². The largest absolute Gasteiger partial charge is 0.335 e. The fourth-order valence-corrected chi connectivity index (χ4v) is 4.29. The van der Waals surface area contributed by atoms with E-state index in [1.54, 1.807) is 0 Å². The Morgan fingerprint density at radius 1 is 1.39 bits per heavy atom. The second-order valence-electron chi connectivity index (χ2n) is 4.73. The van der Waals surface area contributed by atoms with Crippen LogP contribution in [0.1, 0.15) is 25.7 Å². The molecule has 1 aliphatic carbocycles. The normalized spacial score (nSPS) is 25.2. The number of aromatic amines is 1. The number of hydrogen-bond acceptors (Lipinski definition) is 3. The number of aromatic nitrogens is 2. The Kier molecular flexibility index (Phi) is 4.80. The van der Waals surface area contributed by atoms with Gasteiger partial charge in [0.05, 0.1) is 12.5 Å². The van der Waals surface area contributed by atoms with Crippen LogP contribution in [-0.4, -0.2) is 30.3 Å². The molecule has 7 heteroatoms. The lowest BCUT2D eigenvalue weighted by Gasteiger charge is -2.30. The zero-order chi connectivity index (χ0) is 13.0. The molecule has 5 nitrogen and oxygen atoms in total. The van der Waals surface area contributed by atoms with E-state index in [9.17, 15) is 8.42 Å². The Morgan fingerprint density at radius 2 is 2.11 bits per heavy atom. The Bertz CT molecular complexity index is 461. The number of nitrogens with zero attached hydrogens (tertiary/aromatic N) is 1. The molecule has 0 radical (unpaired) electrons. The van der Waals surface area contributed by atoms with Gasteiger partial charge in [-0.05, 0) is 24.7 Å². The zero-order valence-corrected chi connectivity index (χ0v) is 12.5. The molecule has 0 saturated heterocycles. The van der Waals surface area contributed by atoms with Crippen LogP contribution in [0.2, 0.25) is 0 Å². The quantitative estimate of drug-likeness (QED) is 0.807. The van der Waals surface area contributed by atoms with Crippen molar-refractivity contribution in [3.63, 3.8) is 0 Å². The molecule has 2 unspecified atom stereocenters. The van der Waals surface area contributed by atoms with E-state index < -0.39 is 10.0 Å². The predicted octanol–water partition coefficient (Wildman–Crippen LogP) is 1.89. The maximum atomic E-state index is 11.9. The molecular weight excluding hydrogens is 318 g/mol. The van der Waals surface area contributed by atoms with Gasteiger partial charge in [0.2, 0.25) is 0 Å². The lowest BCUT2D eigenvalue weighted by molar-refractivity contribution is 0.263. The fourth-order valence-electron chi connectivity index (χ4n) is 2.44. The lowest BCUT2D eigenvalue weighted by atomic mass is 9.80. The highest BCUT2D eigenvalue weighted by Gasteiger charge is 2.26. The Morgan fingerprint density at radius 3 is 2.72 bits per heavy atom. The van der Waals surface area contributed by atoms with Crippen molar-refractivity contribution >= 4 is 26.0 Å². The molecule has 2 N–H and O–H groups in total. The zero-order valence-electron chi connectivity index (χ0n) is 10.1. The average Bonchev–Trinajstić information content (AvgIpc) is 2.91. The minimum atomic E-state index is -3.43. The average molecular weight is 336 g/mol. The van der Waals surface area contributed by atoms with Gasteiger partial charge in [0.15, 0.2) is 5.03 Å². The van der Waals surface area contributed by atoms with Crippen LogP contribution in [-0.2, 0) is 10.0 Å².